The number of rotatable bonds is 3. The number of para-hydroxylation sites is 2. The Labute approximate surface area is 382 Å². The molecule has 7 aromatic rings. The minimum Gasteiger partial charge on any atom is -0.330 e. The zero-order valence-corrected chi connectivity index (χ0v) is 39.8. The first kappa shape index (κ1) is 40.8. The van der Waals surface area contributed by atoms with Crippen LogP contribution in [0, 0.1) is 0 Å². The molecule has 0 aromatic heterocycles. The Morgan fingerprint density at radius 1 is 0.438 bits per heavy atom. The van der Waals surface area contributed by atoms with Crippen LogP contribution in [0.2, 0.25) is 0 Å². The normalized spacial score (nSPS) is 19.7. The van der Waals surface area contributed by atoms with Crippen molar-refractivity contribution in [1.29, 1.82) is 0 Å². The second-order valence-corrected chi connectivity index (χ2v) is 22.6. The number of hydrogen-bond donors (Lipinski definition) is 0. The van der Waals surface area contributed by atoms with Crippen LogP contribution in [-0.2, 0) is 33.6 Å². The van der Waals surface area contributed by atoms with Gasteiger partial charge < -0.3 is 14.7 Å². The SMILES string of the molecule is CC(C)(C)c1ccc(N2c3cc(N4c5ccc(C(C)(C)C)cc5C5(C)CCc6ccccc6C45C)ccc3B3c4ccccc4N(c4ccccc4)c4cc(C(C)(C)C)cc2c43)cc1. The minimum atomic E-state index is -0.319. The van der Waals surface area contributed by atoms with E-state index in [1.807, 2.05) is 0 Å². The Morgan fingerprint density at radius 2 is 1.00 bits per heavy atom. The Balaban J connectivity index is 1.22. The highest BCUT2D eigenvalue weighted by Gasteiger charge is 2.60. The largest absolute Gasteiger partial charge is 0.330 e. The van der Waals surface area contributed by atoms with Crippen LogP contribution in [0.5, 0.6) is 0 Å². The standard InChI is InChI=1S/C60H62BN3/c1-56(2,3)40-25-28-44(29-26-40)63-52-38-45(64-50-32-27-41(57(4,5)6)35-47(50)59(10)34-33-39-19-15-16-22-46(39)60(59,64)11)30-31-49(52)61-48-23-17-18-24-51(48)62(43-20-13-12-14-21-43)53-36-42(58(7,8)9)37-54(63)55(53)61/h12-32,35-38H,33-34H2,1-11H3. The van der Waals surface area contributed by atoms with Crippen LogP contribution >= 0.6 is 0 Å². The van der Waals surface area contributed by atoms with E-state index in [-0.39, 0.29) is 33.9 Å². The highest BCUT2D eigenvalue weighted by molar-refractivity contribution is 7.00. The molecule has 0 saturated heterocycles. The first-order valence-electron chi connectivity index (χ1n) is 23.6. The summed E-state index contributed by atoms with van der Waals surface area (Å²) >= 11 is 0. The zero-order chi connectivity index (χ0) is 44.7. The average molecular weight is 836 g/mol. The van der Waals surface area contributed by atoms with E-state index in [4.69, 9.17) is 0 Å². The molecule has 4 heteroatoms. The van der Waals surface area contributed by atoms with Crippen LogP contribution in [-0.4, -0.2) is 6.71 Å². The predicted molar refractivity (Wildman–Crippen MR) is 275 cm³/mol. The molecule has 4 aliphatic rings. The third-order valence-corrected chi connectivity index (χ3v) is 15.7. The molecule has 320 valence electrons. The monoisotopic (exact) mass is 836 g/mol. The van der Waals surface area contributed by atoms with E-state index < -0.39 is 0 Å². The molecule has 2 unspecified atom stereocenters. The summed E-state index contributed by atoms with van der Waals surface area (Å²) in [5.74, 6) is 0. The summed E-state index contributed by atoms with van der Waals surface area (Å²) in [6.45, 7) is 26.2. The molecule has 7 aromatic carbocycles. The Bertz CT molecular complexity index is 3000. The molecule has 0 spiro atoms. The predicted octanol–water partition coefficient (Wildman–Crippen LogP) is 13.9. The number of nitrogens with zero attached hydrogens (tertiary/aromatic N) is 3. The molecular formula is C60H62BN3. The third kappa shape index (κ3) is 5.79. The molecule has 0 fully saturated rings. The van der Waals surface area contributed by atoms with Gasteiger partial charge in [0.15, 0.2) is 0 Å². The molecule has 0 saturated carbocycles. The third-order valence-electron chi connectivity index (χ3n) is 15.7. The van der Waals surface area contributed by atoms with E-state index >= 15 is 0 Å². The van der Waals surface area contributed by atoms with Gasteiger partial charge in [-0.1, -0.05) is 160 Å². The van der Waals surface area contributed by atoms with E-state index in [0.29, 0.717) is 0 Å². The average Bonchev–Trinajstić information content (AvgIpc) is 3.48. The number of hydrogen-bond acceptors (Lipinski definition) is 3. The van der Waals surface area contributed by atoms with Gasteiger partial charge in [-0.3, -0.25) is 0 Å². The Kier molecular flexibility index (Phi) is 8.76. The topological polar surface area (TPSA) is 9.72 Å². The van der Waals surface area contributed by atoms with Gasteiger partial charge in [0.2, 0.25) is 0 Å². The van der Waals surface area contributed by atoms with Crippen molar-refractivity contribution in [2.45, 2.75) is 116 Å². The molecule has 2 atom stereocenters. The van der Waals surface area contributed by atoms with Crippen molar-refractivity contribution in [3.8, 4) is 0 Å². The van der Waals surface area contributed by atoms with Crippen molar-refractivity contribution in [3.05, 3.63) is 185 Å². The molecule has 64 heavy (non-hydrogen) atoms. The maximum Gasteiger partial charge on any atom is 0.252 e. The Hall–Kier alpha value is -6.00. The highest BCUT2D eigenvalue weighted by atomic mass is 15.3. The zero-order valence-electron chi connectivity index (χ0n) is 39.8. The fourth-order valence-corrected chi connectivity index (χ4v) is 11.9. The lowest BCUT2D eigenvalue weighted by Gasteiger charge is -2.51. The smallest absolute Gasteiger partial charge is 0.252 e. The number of aryl methyl sites for hydroxylation is 1. The van der Waals surface area contributed by atoms with Crippen molar-refractivity contribution in [3.63, 3.8) is 0 Å². The second-order valence-electron chi connectivity index (χ2n) is 22.6. The van der Waals surface area contributed by atoms with Gasteiger partial charge in [0.25, 0.3) is 6.71 Å². The maximum absolute atomic E-state index is 2.74. The van der Waals surface area contributed by atoms with Gasteiger partial charge in [0, 0.05) is 50.9 Å². The molecule has 3 aliphatic heterocycles. The molecule has 3 heterocycles. The molecule has 11 rings (SSSR count). The van der Waals surface area contributed by atoms with Gasteiger partial charge >= 0.3 is 0 Å². The highest BCUT2D eigenvalue weighted by Crippen LogP contribution is 2.64. The van der Waals surface area contributed by atoms with Crippen molar-refractivity contribution in [2.75, 3.05) is 14.7 Å². The van der Waals surface area contributed by atoms with Crippen molar-refractivity contribution >= 4 is 68.6 Å². The number of benzene rings is 7. The summed E-state index contributed by atoms with van der Waals surface area (Å²) < 4.78 is 0. The van der Waals surface area contributed by atoms with Gasteiger partial charge in [-0.25, -0.2) is 0 Å². The molecule has 0 amide bonds. The second kappa shape index (κ2) is 13.8. The molecule has 1 aliphatic carbocycles. The van der Waals surface area contributed by atoms with Crippen LogP contribution in [0.15, 0.2) is 152 Å². The van der Waals surface area contributed by atoms with E-state index in [0.717, 1.165) is 12.8 Å². The molecule has 0 N–H and O–H groups in total. The van der Waals surface area contributed by atoms with Crippen LogP contribution in [0.3, 0.4) is 0 Å². The van der Waals surface area contributed by atoms with Crippen LogP contribution in [0.25, 0.3) is 0 Å². The summed E-state index contributed by atoms with van der Waals surface area (Å²) in [5.41, 5.74) is 21.9. The summed E-state index contributed by atoms with van der Waals surface area (Å²) in [6.07, 6.45) is 2.17. The fourth-order valence-electron chi connectivity index (χ4n) is 11.9. The van der Waals surface area contributed by atoms with Gasteiger partial charge in [0.05, 0.1) is 5.54 Å². The maximum atomic E-state index is 2.74. The van der Waals surface area contributed by atoms with E-state index in [1.165, 1.54) is 95.3 Å². The summed E-state index contributed by atoms with van der Waals surface area (Å²) in [5, 5.41) is 0. The lowest BCUT2D eigenvalue weighted by molar-refractivity contribution is 0.245. The summed E-state index contributed by atoms with van der Waals surface area (Å²) in [4.78, 5) is 7.88. The van der Waals surface area contributed by atoms with Crippen LogP contribution < -0.4 is 31.1 Å². The van der Waals surface area contributed by atoms with E-state index in [2.05, 4.69) is 243 Å². The van der Waals surface area contributed by atoms with Crippen molar-refractivity contribution < 1.29 is 0 Å². The van der Waals surface area contributed by atoms with E-state index in [1.54, 1.807) is 0 Å². The fraction of sp³-hybridized carbons (Fsp3) is 0.300. The summed E-state index contributed by atoms with van der Waals surface area (Å²) in [7, 11) is 0. The molecular weight excluding hydrogens is 773 g/mol. The van der Waals surface area contributed by atoms with Crippen molar-refractivity contribution in [2.24, 2.45) is 0 Å². The lowest BCUT2D eigenvalue weighted by Crippen LogP contribution is -2.61. The van der Waals surface area contributed by atoms with Crippen LogP contribution in [0.4, 0.5) is 45.5 Å². The number of anilines is 8. The lowest BCUT2D eigenvalue weighted by atomic mass is 9.33. The van der Waals surface area contributed by atoms with Crippen LogP contribution in [0.1, 0.15) is 116 Å². The molecule has 0 bridgehead atoms. The molecule has 0 radical (unpaired) electrons. The minimum absolute atomic E-state index is 0.0379. The van der Waals surface area contributed by atoms with Gasteiger partial charge in [-0.05, 0) is 146 Å². The van der Waals surface area contributed by atoms with Gasteiger partial charge in [0.1, 0.15) is 0 Å². The van der Waals surface area contributed by atoms with Crippen molar-refractivity contribution in [1.82, 2.24) is 0 Å². The van der Waals surface area contributed by atoms with E-state index in [9.17, 15) is 0 Å². The Morgan fingerprint density at radius 3 is 1.69 bits per heavy atom. The quantitative estimate of drug-likeness (QED) is 0.164. The van der Waals surface area contributed by atoms with Gasteiger partial charge in [-0.2, -0.15) is 0 Å². The van der Waals surface area contributed by atoms with Gasteiger partial charge in [-0.15, -0.1) is 0 Å². The summed E-state index contributed by atoms with van der Waals surface area (Å²) in [6, 6.07) is 58.8. The first-order valence-corrected chi connectivity index (χ1v) is 23.6. The first-order chi connectivity index (χ1) is 30.4. The molecule has 3 nitrogen and oxygen atoms in total. The number of fused-ring (bicyclic) bond motifs is 9.